The number of rotatable bonds is 3. The average Bonchev–Trinajstić information content (AvgIpc) is 2.39. The van der Waals surface area contributed by atoms with Crippen molar-refractivity contribution in [2.24, 2.45) is 11.1 Å². The number of ether oxygens (including phenoxy) is 1. The molecule has 1 aromatic carbocycles. The van der Waals surface area contributed by atoms with Gasteiger partial charge < -0.3 is 4.74 Å². The highest BCUT2D eigenvalue weighted by atomic mass is 32.2. The minimum atomic E-state index is -3.83. The molecule has 0 amide bonds. The summed E-state index contributed by atoms with van der Waals surface area (Å²) in [6, 6.07) is 4.33. The van der Waals surface area contributed by atoms with Crippen LogP contribution in [0.3, 0.4) is 0 Å². The van der Waals surface area contributed by atoms with Gasteiger partial charge in [-0.3, -0.25) is 0 Å². The molecule has 6 heteroatoms. The fraction of sp³-hybridized carbons (Fsp3) is 0.533. The highest BCUT2D eigenvalue weighted by Gasteiger charge is 2.23. The zero-order chi connectivity index (χ0) is 15.6. The van der Waals surface area contributed by atoms with Gasteiger partial charge in [0.2, 0.25) is 10.0 Å². The lowest BCUT2D eigenvalue weighted by Gasteiger charge is -2.26. The molecule has 2 rings (SSSR count). The first-order chi connectivity index (χ1) is 9.75. The Morgan fingerprint density at radius 1 is 1.19 bits per heavy atom. The van der Waals surface area contributed by atoms with Crippen LogP contribution < -0.4 is 5.14 Å². The molecule has 0 spiro atoms. The summed E-state index contributed by atoms with van der Waals surface area (Å²) >= 11 is 0. The van der Waals surface area contributed by atoms with Crippen molar-refractivity contribution >= 4 is 16.0 Å². The summed E-state index contributed by atoms with van der Waals surface area (Å²) in [5.41, 5.74) is 0.892. The maximum atomic E-state index is 12.2. The predicted octanol–water partition coefficient (Wildman–Crippen LogP) is 2.38. The fourth-order valence-corrected chi connectivity index (χ4v) is 3.24. The Morgan fingerprint density at radius 2 is 1.81 bits per heavy atom. The van der Waals surface area contributed by atoms with Gasteiger partial charge in [0, 0.05) is 0 Å². The molecule has 5 nitrogen and oxygen atoms in total. The summed E-state index contributed by atoms with van der Waals surface area (Å²) in [4.78, 5) is 12.1. The molecular weight excluding hydrogens is 290 g/mol. The van der Waals surface area contributed by atoms with Crippen LogP contribution in [0.5, 0.6) is 0 Å². The van der Waals surface area contributed by atoms with Gasteiger partial charge in [-0.05, 0) is 62.3 Å². The van der Waals surface area contributed by atoms with Crippen LogP contribution in [0.2, 0.25) is 0 Å². The van der Waals surface area contributed by atoms with Crippen molar-refractivity contribution in [3.63, 3.8) is 0 Å². The molecule has 0 unspecified atom stereocenters. The van der Waals surface area contributed by atoms with Crippen LogP contribution in [0.15, 0.2) is 23.1 Å². The van der Waals surface area contributed by atoms with Crippen LogP contribution in [0.4, 0.5) is 0 Å². The second-order valence-corrected chi connectivity index (χ2v) is 7.43. The molecule has 1 aromatic rings. The smallest absolute Gasteiger partial charge is 0.338 e. The third-order valence-electron chi connectivity index (χ3n) is 3.85. The Labute approximate surface area is 125 Å². The number of esters is 1. The maximum absolute atomic E-state index is 12.2. The van der Waals surface area contributed by atoms with E-state index < -0.39 is 16.0 Å². The largest absolute Gasteiger partial charge is 0.459 e. The van der Waals surface area contributed by atoms with E-state index in [1.54, 1.807) is 13.0 Å². The van der Waals surface area contributed by atoms with Crippen LogP contribution in [0.25, 0.3) is 0 Å². The van der Waals surface area contributed by atoms with Gasteiger partial charge >= 0.3 is 5.97 Å². The molecule has 2 N–H and O–H groups in total. The van der Waals surface area contributed by atoms with Gasteiger partial charge in [-0.2, -0.15) is 0 Å². The first-order valence-electron chi connectivity index (χ1n) is 7.11. The van der Waals surface area contributed by atoms with Crippen LogP contribution in [-0.4, -0.2) is 20.5 Å². The third-order valence-corrected chi connectivity index (χ3v) is 4.74. The van der Waals surface area contributed by atoms with E-state index in [-0.39, 0.29) is 16.6 Å². The molecule has 1 saturated carbocycles. The van der Waals surface area contributed by atoms with Crippen molar-refractivity contribution in [1.29, 1.82) is 0 Å². The van der Waals surface area contributed by atoms with Gasteiger partial charge in [-0.25, -0.2) is 18.4 Å². The molecular formula is C15H21NO4S. The number of primary sulfonamides is 1. The van der Waals surface area contributed by atoms with E-state index in [2.05, 4.69) is 6.92 Å². The van der Waals surface area contributed by atoms with E-state index in [0.717, 1.165) is 25.7 Å². The number of nitrogens with two attached hydrogens (primary N) is 1. The molecule has 0 radical (unpaired) electrons. The standard InChI is InChI=1S/C15H21NO4S/c1-10-3-5-13(6-4-10)20-15(17)12-7-11(2)8-14(9-12)21(16,18)19/h7-10,13H,3-6H2,1-2H3,(H2,16,18,19). The van der Waals surface area contributed by atoms with Crippen molar-refractivity contribution in [3.05, 3.63) is 29.3 Å². The van der Waals surface area contributed by atoms with Crippen LogP contribution in [0, 0.1) is 12.8 Å². The number of benzene rings is 1. The van der Waals surface area contributed by atoms with E-state index in [1.807, 2.05) is 0 Å². The molecule has 0 aliphatic heterocycles. The van der Waals surface area contributed by atoms with Gasteiger partial charge in [0.05, 0.1) is 10.5 Å². The summed E-state index contributed by atoms with van der Waals surface area (Å²) in [5.74, 6) is 0.191. The lowest BCUT2D eigenvalue weighted by atomic mass is 9.89. The number of carbonyl (C=O) groups is 1. The lowest BCUT2D eigenvalue weighted by molar-refractivity contribution is 0.0173. The molecule has 1 aliphatic carbocycles. The fourth-order valence-electron chi connectivity index (χ4n) is 2.60. The molecule has 116 valence electrons. The minimum absolute atomic E-state index is 0.0632. The Kier molecular flexibility index (Phi) is 4.68. The Hall–Kier alpha value is -1.40. The average molecular weight is 311 g/mol. The van der Waals surface area contributed by atoms with Crippen LogP contribution in [-0.2, 0) is 14.8 Å². The first kappa shape index (κ1) is 16.0. The number of aryl methyl sites for hydroxylation is 1. The number of sulfonamides is 1. The Balaban J connectivity index is 2.14. The van der Waals surface area contributed by atoms with Gasteiger partial charge in [-0.15, -0.1) is 0 Å². The Bertz CT molecular complexity index is 631. The second-order valence-electron chi connectivity index (χ2n) is 5.87. The molecule has 0 heterocycles. The van der Waals surface area contributed by atoms with Gasteiger partial charge in [0.15, 0.2) is 0 Å². The third kappa shape index (κ3) is 4.28. The van der Waals surface area contributed by atoms with E-state index in [9.17, 15) is 13.2 Å². The summed E-state index contributed by atoms with van der Waals surface area (Å²) < 4.78 is 28.3. The lowest BCUT2D eigenvalue weighted by Crippen LogP contribution is -2.24. The van der Waals surface area contributed by atoms with Gasteiger partial charge in [0.25, 0.3) is 0 Å². The van der Waals surface area contributed by atoms with Gasteiger partial charge in [0.1, 0.15) is 6.10 Å². The molecule has 0 atom stereocenters. The van der Waals surface area contributed by atoms with Crippen molar-refractivity contribution in [1.82, 2.24) is 0 Å². The van der Waals surface area contributed by atoms with Crippen LogP contribution in [0.1, 0.15) is 48.5 Å². The van der Waals surface area contributed by atoms with Gasteiger partial charge in [-0.1, -0.05) is 6.92 Å². The van der Waals surface area contributed by atoms with Crippen LogP contribution >= 0.6 is 0 Å². The normalized spacial score (nSPS) is 22.8. The summed E-state index contributed by atoms with van der Waals surface area (Å²) in [6.07, 6.45) is 3.75. The first-order valence-corrected chi connectivity index (χ1v) is 8.66. The zero-order valence-corrected chi connectivity index (χ0v) is 13.2. The SMILES string of the molecule is Cc1cc(C(=O)OC2CCC(C)CC2)cc(S(N)(=O)=O)c1. The molecule has 0 saturated heterocycles. The summed E-state index contributed by atoms with van der Waals surface area (Å²) in [6.45, 7) is 3.91. The maximum Gasteiger partial charge on any atom is 0.338 e. The quantitative estimate of drug-likeness (QED) is 0.868. The molecule has 0 aromatic heterocycles. The zero-order valence-electron chi connectivity index (χ0n) is 12.3. The van der Waals surface area contributed by atoms with E-state index in [1.165, 1.54) is 12.1 Å². The second kappa shape index (κ2) is 6.15. The predicted molar refractivity (Wildman–Crippen MR) is 79.4 cm³/mol. The molecule has 1 aliphatic rings. The van der Waals surface area contributed by atoms with Crippen molar-refractivity contribution in [2.45, 2.75) is 50.5 Å². The molecule has 0 bridgehead atoms. The highest BCUT2D eigenvalue weighted by molar-refractivity contribution is 7.89. The van der Waals surface area contributed by atoms with E-state index in [4.69, 9.17) is 9.88 Å². The number of hydrogen-bond acceptors (Lipinski definition) is 4. The van der Waals surface area contributed by atoms with Crippen molar-refractivity contribution in [3.8, 4) is 0 Å². The van der Waals surface area contributed by atoms with E-state index >= 15 is 0 Å². The summed E-state index contributed by atoms with van der Waals surface area (Å²) in [5, 5.41) is 5.11. The highest BCUT2D eigenvalue weighted by Crippen LogP contribution is 2.26. The molecule has 1 fully saturated rings. The summed E-state index contributed by atoms with van der Waals surface area (Å²) in [7, 11) is -3.83. The minimum Gasteiger partial charge on any atom is -0.459 e. The molecule has 21 heavy (non-hydrogen) atoms. The monoisotopic (exact) mass is 311 g/mol. The van der Waals surface area contributed by atoms with E-state index in [0.29, 0.717) is 11.5 Å². The number of hydrogen-bond donors (Lipinski definition) is 1. The van der Waals surface area contributed by atoms with Crippen molar-refractivity contribution < 1.29 is 17.9 Å². The topological polar surface area (TPSA) is 86.5 Å². The van der Waals surface area contributed by atoms with Crippen molar-refractivity contribution in [2.75, 3.05) is 0 Å². The Morgan fingerprint density at radius 3 is 2.38 bits per heavy atom. The number of carbonyl (C=O) groups excluding carboxylic acids is 1.